The topological polar surface area (TPSA) is 69.7 Å². The molecule has 0 radical (unpaired) electrons. The summed E-state index contributed by atoms with van der Waals surface area (Å²) < 4.78 is 0. The van der Waals surface area contributed by atoms with Crippen LogP contribution < -0.4 is 15.1 Å². The normalized spacial score (nSPS) is 16.5. The van der Waals surface area contributed by atoms with Crippen LogP contribution >= 0.6 is 0 Å². The van der Waals surface area contributed by atoms with Crippen LogP contribution in [0.5, 0.6) is 0 Å². The third kappa shape index (κ3) is 4.68. The zero-order chi connectivity index (χ0) is 22.5. The number of rotatable bonds is 7. The molecule has 6 nitrogen and oxygen atoms in total. The molecule has 162 valence electrons. The van der Waals surface area contributed by atoms with Crippen LogP contribution in [0.1, 0.15) is 51.2 Å². The Hall–Kier alpha value is -3.41. The van der Waals surface area contributed by atoms with Crippen LogP contribution in [-0.4, -0.2) is 30.9 Å². The number of nitrogens with zero attached hydrogens (tertiary/aromatic N) is 2. The zero-order valence-electron chi connectivity index (χ0n) is 18.5. The Morgan fingerprint density at radius 3 is 2.10 bits per heavy atom. The second-order valence-corrected chi connectivity index (χ2v) is 7.62. The van der Waals surface area contributed by atoms with E-state index in [1.54, 1.807) is 12.1 Å². The third-order valence-corrected chi connectivity index (χ3v) is 5.77. The number of imide groups is 2. The van der Waals surface area contributed by atoms with Gasteiger partial charge in [-0.05, 0) is 67.7 Å². The Kier molecular flexibility index (Phi) is 6.90. The fourth-order valence-electron chi connectivity index (χ4n) is 3.62. The molecular weight excluding hydrogens is 390 g/mol. The maximum Gasteiger partial charge on any atom is 0.335 e. The van der Waals surface area contributed by atoms with Crippen LogP contribution in [0.25, 0.3) is 6.08 Å². The first-order valence-electron chi connectivity index (χ1n) is 10.8. The highest BCUT2D eigenvalue weighted by Gasteiger charge is 2.36. The van der Waals surface area contributed by atoms with Gasteiger partial charge < -0.3 is 4.90 Å². The largest absolute Gasteiger partial charge is 0.372 e. The molecule has 31 heavy (non-hydrogen) atoms. The summed E-state index contributed by atoms with van der Waals surface area (Å²) in [5, 5.41) is 2.28. The lowest BCUT2D eigenvalue weighted by Crippen LogP contribution is -2.54. The van der Waals surface area contributed by atoms with E-state index in [1.807, 2.05) is 36.4 Å². The number of barbiturate groups is 1. The molecular formula is C25H29N3O3. The number of urea groups is 1. The van der Waals surface area contributed by atoms with Crippen molar-refractivity contribution in [3.8, 4) is 0 Å². The molecule has 1 aliphatic heterocycles. The summed E-state index contributed by atoms with van der Waals surface area (Å²) in [6, 6.07) is 14.2. The second kappa shape index (κ2) is 9.60. The van der Waals surface area contributed by atoms with E-state index in [0.29, 0.717) is 11.6 Å². The van der Waals surface area contributed by atoms with Gasteiger partial charge >= 0.3 is 6.03 Å². The van der Waals surface area contributed by atoms with Crippen molar-refractivity contribution in [3.05, 3.63) is 65.2 Å². The Balaban J connectivity index is 1.88. The van der Waals surface area contributed by atoms with Crippen LogP contribution in [0, 0.1) is 0 Å². The van der Waals surface area contributed by atoms with E-state index in [1.165, 1.54) is 6.08 Å². The first-order valence-corrected chi connectivity index (χ1v) is 10.8. The Morgan fingerprint density at radius 2 is 1.55 bits per heavy atom. The summed E-state index contributed by atoms with van der Waals surface area (Å²) in [4.78, 5) is 41.1. The lowest BCUT2D eigenvalue weighted by atomic mass is 9.98. The van der Waals surface area contributed by atoms with Gasteiger partial charge in [0, 0.05) is 18.8 Å². The van der Waals surface area contributed by atoms with Crippen molar-refractivity contribution >= 4 is 35.3 Å². The summed E-state index contributed by atoms with van der Waals surface area (Å²) in [7, 11) is 0. The molecule has 1 saturated heterocycles. The molecule has 1 unspecified atom stereocenters. The maximum atomic E-state index is 13.1. The lowest BCUT2D eigenvalue weighted by Gasteiger charge is -2.26. The van der Waals surface area contributed by atoms with Gasteiger partial charge in [0.1, 0.15) is 5.57 Å². The predicted molar refractivity (Wildman–Crippen MR) is 124 cm³/mol. The van der Waals surface area contributed by atoms with Crippen molar-refractivity contribution in [2.75, 3.05) is 22.9 Å². The number of carbonyl (C=O) groups is 3. The summed E-state index contributed by atoms with van der Waals surface area (Å²) in [6.45, 7) is 10.2. The smallest absolute Gasteiger partial charge is 0.335 e. The van der Waals surface area contributed by atoms with Crippen LogP contribution in [0.3, 0.4) is 0 Å². The minimum absolute atomic E-state index is 0.0683. The molecule has 0 spiro atoms. The quantitative estimate of drug-likeness (QED) is 0.521. The third-order valence-electron chi connectivity index (χ3n) is 5.77. The highest BCUT2D eigenvalue weighted by molar-refractivity contribution is 6.39. The van der Waals surface area contributed by atoms with Gasteiger partial charge in [-0.3, -0.25) is 14.9 Å². The molecule has 0 saturated carbocycles. The van der Waals surface area contributed by atoms with Crippen LogP contribution in [0.15, 0.2) is 54.1 Å². The molecule has 1 N–H and O–H groups in total. The molecule has 0 aromatic heterocycles. The highest BCUT2D eigenvalue weighted by Crippen LogP contribution is 2.26. The molecule has 4 amide bonds. The summed E-state index contributed by atoms with van der Waals surface area (Å²) in [5.74, 6) is -0.926. The van der Waals surface area contributed by atoms with Crippen molar-refractivity contribution in [2.45, 2.75) is 40.0 Å². The van der Waals surface area contributed by atoms with Gasteiger partial charge in [0.15, 0.2) is 0 Å². The highest BCUT2D eigenvalue weighted by atomic mass is 16.2. The van der Waals surface area contributed by atoms with Crippen molar-refractivity contribution in [3.63, 3.8) is 0 Å². The molecule has 6 heteroatoms. The van der Waals surface area contributed by atoms with Crippen LogP contribution in [-0.2, 0) is 9.59 Å². The lowest BCUT2D eigenvalue weighted by molar-refractivity contribution is -0.122. The molecule has 1 heterocycles. The van der Waals surface area contributed by atoms with Crippen LogP contribution in [0.2, 0.25) is 0 Å². The molecule has 3 rings (SSSR count). The van der Waals surface area contributed by atoms with Gasteiger partial charge in [-0.1, -0.05) is 38.1 Å². The van der Waals surface area contributed by atoms with Gasteiger partial charge in [-0.15, -0.1) is 0 Å². The van der Waals surface area contributed by atoms with E-state index >= 15 is 0 Å². The molecule has 1 fully saturated rings. The molecule has 0 bridgehead atoms. The fraction of sp³-hybridized carbons (Fsp3) is 0.320. The Bertz CT molecular complexity index is 990. The van der Waals surface area contributed by atoms with Crippen molar-refractivity contribution in [2.24, 2.45) is 0 Å². The number of hydrogen-bond donors (Lipinski definition) is 1. The van der Waals surface area contributed by atoms with Crippen molar-refractivity contribution in [1.29, 1.82) is 0 Å². The average molecular weight is 420 g/mol. The van der Waals surface area contributed by atoms with E-state index in [2.05, 4.69) is 37.9 Å². The Morgan fingerprint density at radius 1 is 0.935 bits per heavy atom. The first-order chi connectivity index (χ1) is 14.9. The van der Waals surface area contributed by atoms with E-state index < -0.39 is 17.8 Å². The number of amides is 4. The summed E-state index contributed by atoms with van der Waals surface area (Å²) >= 11 is 0. The van der Waals surface area contributed by atoms with Crippen molar-refractivity contribution < 1.29 is 14.4 Å². The minimum atomic E-state index is -0.736. The van der Waals surface area contributed by atoms with E-state index in [-0.39, 0.29) is 5.57 Å². The number of benzene rings is 2. The van der Waals surface area contributed by atoms with Crippen molar-refractivity contribution in [1.82, 2.24) is 5.32 Å². The molecule has 1 aliphatic rings. The molecule has 0 aliphatic carbocycles. The van der Waals surface area contributed by atoms with E-state index in [4.69, 9.17) is 0 Å². The first kappa shape index (κ1) is 22.3. The Labute approximate surface area is 183 Å². The van der Waals surface area contributed by atoms with Gasteiger partial charge in [-0.25, -0.2) is 9.69 Å². The van der Waals surface area contributed by atoms with Crippen LogP contribution in [0.4, 0.5) is 16.2 Å². The SMILES string of the molecule is CCC(C)c1ccc(N2C(=O)NC(=O)/C(=C\c3ccc(N(CC)CC)cc3)C2=O)cc1. The predicted octanol–water partition coefficient (Wildman–Crippen LogP) is 4.71. The number of nitrogens with one attached hydrogen (secondary N) is 1. The standard InChI is InChI=1S/C25H29N3O3/c1-5-17(4)19-10-14-21(15-11-19)28-24(30)22(23(29)26-25(28)31)16-18-8-12-20(13-9-18)27(6-2)7-3/h8-17H,5-7H2,1-4H3,(H,26,29,31)/b22-16+. The van der Waals surface area contributed by atoms with Gasteiger partial charge in [-0.2, -0.15) is 0 Å². The monoisotopic (exact) mass is 419 g/mol. The molecule has 2 aromatic carbocycles. The number of carbonyl (C=O) groups excluding carboxylic acids is 3. The van der Waals surface area contributed by atoms with E-state index in [0.717, 1.165) is 41.2 Å². The van der Waals surface area contributed by atoms with Gasteiger partial charge in [0.2, 0.25) is 0 Å². The van der Waals surface area contributed by atoms with Gasteiger partial charge in [0.25, 0.3) is 11.8 Å². The fourth-order valence-corrected chi connectivity index (χ4v) is 3.62. The zero-order valence-corrected chi connectivity index (χ0v) is 18.5. The maximum absolute atomic E-state index is 13.1. The second-order valence-electron chi connectivity index (χ2n) is 7.62. The van der Waals surface area contributed by atoms with E-state index in [9.17, 15) is 14.4 Å². The average Bonchev–Trinajstić information content (AvgIpc) is 2.78. The molecule has 2 aromatic rings. The summed E-state index contributed by atoms with van der Waals surface area (Å²) in [5.41, 5.74) is 3.29. The van der Waals surface area contributed by atoms with Gasteiger partial charge in [0.05, 0.1) is 5.69 Å². The number of hydrogen-bond acceptors (Lipinski definition) is 4. The molecule has 1 atom stereocenters. The summed E-state index contributed by atoms with van der Waals surface area (Å²) in [6.07, 6.45) is 2.52. The number of anilines is 2. The minimum Gasteiger partial charge on any atom is -0.372 e.